The SMILES string of the molecule is CC(C)(C)OC(=O)N/C(=C\c1ccc(/C=C(\NC(=O)OC(C)(C)C)C(=O)OCc2ccccc2)cc1)C(=O)OCc1ccccc1. The third-order valence-electron chi connectivity index (χ3n) is 5.70. The second-order valence-electron chi connectivity index (χ2n) is 12.2. The monoisotopic (exact) mass is 628 g/mol. The van der Waals surface area contributed by atoms with Crippen LogP contribution in [-0.4, -0.2) is 35.3 Å². The Morgan fingerprint density at radius 2 is 0.870 bits per heavy atom. The maximum atomic E-state index is 13.0. The van der Waals surface area contributed by atoms with Gasteiger partial charge in [0.15, 0.2) is 0 Å². The molecule has 0 atom stereocenters. The molecule has 0 fully saturated rings. The van der Waals surface area contributed by atoms with Gasteiger partial charge in [0.2, 0.25) is 0 Å². The lowest BCUT2D eigenvalue weighted by atomic mass is 10.1. The van der Waals surface area contributed by atoms with Crippen LogP contribution in [-0.2, 0) is 41.8 Å². The fourth-order valence-electron chi connectivity index (χ4n) is 3.74. The number of amides is 2. The van der Waals surface area contributed by atoms with E-state index in [0.717, 1.165) is 11.1 Å². The van der Waals surface area contributed by atoms with Gasteiger partial charge < -0.3 is 18.9 Å². The Kier molecular flexibility index (Phi) is 12.3. The standard InChI is InChI=1S/C36H40N2O8/c1-35(2,3)45-33(41)37-29(31(39)43-23-27-13-9-7-10-14-27)21-25-17-19-26(20-18-25)22-30(38-34(42)46-36(4,5)6)32(40)44-24-28-15-11-8-12-16-28/h7-22H,23-24H2,1-6H3,(H,37,41)(H,38,42)/b29-21-,30-22-. The molecule has 10 heteroatoms. The van der Waals surface area contributed by atoms with Gasteiger partial charge in [-0.15, -0.1) is 0 Å². The number of esters is 2. The van der Waals surface area contributed by atoms with Crippen molar-refractivity contribution in [2.75, 3.05) is 0 Å². The average molecular weight is 629 g/mol. The van der Waals surface area contributed by atoms with Gasteiger partial charge in [-0.3, -0.25) is 10.6 Å². The van der Waals surface area contributed by atoms with Gasteiger partial charge >= 0.3 is 24.1 Å². The van der Waals surface area contributed by atoms with Crippen molar-refractivity contribution < 1.29 is 38.1 Å². The molecular formula is C36H40N2O8. The lowest BCUT2D eigenvalue weighted by Gasteiger charge is -2.20. The second kappa shape index (κ2) is 16.1. The predicted molar refractivity (Wildman–Crippen MR) is 174 cm³/mol. The van der Waals surface area contributed by atoms with Gasteiger partial charge in [-0.05, 0) is 75.9 Å². The van der Waals surface area contributed by atoms with E-state index in [1.165, 1.54) is 12.2 Å². The Labute approximate surface area is 269 Å². The molecule has 0 aliphatic heterocycles. The van der Waals surface area contributed by atoms with Crippen molar-refractivity contribution in [2.45, 2.75) is 66.0 Å². The lowest BCUT2D eigenvalue weighted by molar-refractivity contribution is -0.141. The summed E-state index contributed by atoms with van der Waals surface area (Å²) in [5.41, 5.74) is 0.787. The first-order chi connectivity index (χ1) is 21.7. The normalized spacial score (nSPS) is 12.0. The minimum absolute atomic E-state index is 0.00451. The molecule has 0 heterocycles. The molecule has 46 heavy (non-hydrogen) atoms. The molecule has 2 N–H and O–H groups in total. The molecule has 242 valence electrons. The van der Waals surface area contributed by atoms with Crippen LogP contribution in [0.2, 0.25) is 0 Å². The molecule has 0 bridgehead atoms. The van der Waals surface area contributed by atoms with Gasteiger partial charge in [0.25, 0.3) is 0 Å². The predicted octanol–water partition coefficient (Wildman–Crippen LogP) is 6.90. The van der Waals surface area contributed by atoms with Crippen molar-refractivity contribution in [1.82, 2.24) is 10.6 Å². The maximum Gasteiger partial charge on any atom is 0.412 e. The summed E-state index contributed by atoms with van der Waals surface area (Å²) in [6.07, 6.45) is 1.25. The molecule has 10 nitrogen and oxygen atoms in total. The summed E-state index contributed by atoms with van der Waals surface area (Å²) in [5.74, 6) is -1.52. The van der Waals surface area contributed by atoms with Gasteiger partial charge in [-0.25, -0.2) is 19.2 Å². The maximum absolute atomic E-state index is 13.0. The van der Waals surface area contributed by atoms with Crippen LogP contribution in [0.4, 0.5) is 9.59 Å². The van der Waals surface area contributed by atoms with Gasteiger partial charge in [0.1, 0.15) is 35.8 Å². The molecule has 0 saturated carbocycles. The third kappa shape index (κ3) is 13.1. The minimum atomic E-state index is -0.818. The van der Waals surface area contributed by atoms with Gasteiger partial charge in [-0.1, -0.05) is 84.9 Å². The van der Waals surface area contributed by atoms with Crippen molar-refractivity contribution >= 4 is 36.3 Å². The Hall–Kier alpha value is -5.38. The highest BCUT2D eigenvalue weighted by Gasteiger charge is 2.22. The number of nitrogens with one attached hydrogen (secondary N) is 2. The summed E-state index contributed by atoms with van der Waals surface area (Å²) in [6, 6.07) is 24.9. The van der Waals surface area contributed by atoms with Crippen LogP contribution in [0.3, 0.4) is 0 Å². The fraction of sp³-hybridized carbons (Fsp3) is 0.278. The molecule has 3 aromatic carbocycles. The molecule has 0 aliphatic rings. The first-order valence-corrected chi connectivity index (χ1v) is 14.6. The number of carbonyl (C=O) groups excluding carboxylic acids is 4. The van der Waals surface area contributed by atoms with E-state index in [1.807, 2.05) is 60.7 Å². The van der Waals surface area contributed by atoms with E-state index >= 15 is 0 Å². The van der Waals surface area contributed by atoms with E-state index in [9.17, 15) is 19.2 Å². The molecule has 0 aliphatic carbocycles. The first-order valence-electron chi connectivity index (χ1n) is 14.6. The Morgan fingerprint density at radius 3 is 1.17 bits per heavy atom. The number of benzene rings is 3. The van der Waals surface area contributed by atoms with Crippen molar-refractivity contribution in [3.8, 4) is 0 Å². The second-order valence-corrected chi connectivity index (χ2v) is 12.2. The topological polar surface area (TPSA) is 129 Å². The van der Waals surface area contributed by atoms with Gasteiger partial charge in [0, 0.05) is 0 Å². The summed E-state index contributed by atoms with van der Waals surface area (Å²) in [7, 11) is 0. The number of hydrogen-bond donors (Lipinski definition) is 2. The zero-order chi connectivity index (χ0) is 33.7. The molecular weight excluding hydrogens is 588 g/mol. The first kappa shape index (κ1) is 35.1. The molecule has 0 aromatic heterocycles. The van der Waals surface area contributed by atoms with Crippen molar-refractivity contribution in [3.05, 3.63) is 119 Å². The summed E-state index contributed by atoms with van der Waals surface area (Å²) in [5, 5.41) is 4.96. The lowest BCUT2D eigenvalue weighted by Crippen LogP contribution is -2.34. The van der Waals surface area contributed by atoms with E-state index in [4.69, 9.17) is 18.9 Å². The van der Waals surface area contributed by atoms with Crippen LogP contribution >= 0.6 is 0 Å². The van der Waals surface area contributed by atoms with Crippen LogP contribution < -0.4 is 10.6 Å². The van der Waals surface area contributed by atoms with E-state index in [0.29, 0.717) is 11.1 Å². The number of alkyl carbamates (subject to hydrolysis) is 2. The average Bonchev–Trinajstić information content (AvgIpc) is 2.98. The van der Waals surface area contributed by atoms with E-state index in [2.05, 4.69) is 10.6 Å². The fourth-order valence-corrected chi connectivity index (χ4v) is 3.74. The number of rotatable bonds is 10. The van der Waals surface area contributed by atoms with E-state index in [1.54, 1.807) is 65.8 Å². The largest absolute Gasteiger partial charge is 0.456 e. The molecule has 0 unspecified atom stereocenters. The number of hydrogen-bond acceptors (Lipinski definition) is 8. The molecule has 2 amide bonds. The van der Waals surface area contributed by atoms with Crippen molar-refractivity contribution in [2.24, 2.45) is 0 Å². The van der Waals surface area contributed by atoms with Gasteiger partial charge in [-0.2, -0.15) is 0 Å². The van der Waals surface area contributed by atoms with E-state index < -0.39 is 35.3 Å². The molecule has 0 spiro atoms. The number of ether oxygens (including phenoxy) is 4. The van der Waals surface area contributed by atoms with Crippen LogP contribution in [0.1, 0.15) is 63.8 Å². The van der Waals surface area contributed by atoms with Crippen molar-refractivity contribution in [3.63, 3.8) is 0 Å². The zero-order valence-corrected chi connectivity index (χ0v) is 26.9. The summed E-state index contributed by atoms with van der Waals surface area (Å²) in [6.45, 7) is 10.3. The smallest absolute Gasteiger partial charge is 0.412 e. The highest BCUT2D eigenvalue weighted by molar-refractivity contribution is 5.98. The summed E-state index contributed by atoms with van der Waals surface area (Å²) in [4.78, 5) is 51.0. The Balaban J connectivity index is 1.84. The van der Waals surface area contributed by atoms with Crippen LogP contribution in [0.5, 0.6) is 0 Å². The van der Waals surface area contributed by atoms with Crippen molar-refractivity contribution in [1.29, 1.82) is 0 Å². The molecule has 0 saturated heterocycles. The Bertz CT molecular complexity index is 1430. The van der Waals surface area contributed by atoms with E-state index in [-0.39, 0.29) is 24.6 Å². The van der Waals surface area contributed by atoms with Gasteiger partial charge in [0.05, 0.1) is 0 Å². The molecule has 3 aromatic rings. The highest BCUT2D eigenvalue weighted by Crippen LogP contribution is 2.16. The highest BCUT2D eigenvalue weighted by atomic mass is 16.6. The number of carbonyl (C=O) groups is 4. The molecule has 3 rings (SSSR count). The quantitative estimate of drug-likeness (QED) is 0.141. The van der Waals surface area contributed by atoms with Crippen LogP contribution in [0.15, 0.2) is 96.3 Å². The Morgan fingerprint density at radius 1 is 0.543 bits per heavy atom. The minimum Gasteiger partial charge on any atom is -0.456 e. The summed E-state index contributed by atoms with van der Waals surface area (Å²) < 4.78 is 21.5. The zero-order valence-electron chi connectivity index (χ0n) is 26.9. The molecule has 0 radical (unpaired) electrons. The van der Waals surface area contributed by atoms with Crippen LogP contribution in [0.25, 0.3) is 12.2 Å². The van der Waals surface area contributed by atoms with Crippen LogP contribution in [0, 0.1) is 0 Å². The third-order valence-corrected chi connectivity index (χ3v) is 5.70. The summed E-state index contributed by atoms with van der Waals surface area (Å²) >= 11 is 0.